The van der Waals surface area contributed by atoms with Crippen molar-refractivity contribution in [3.63, 3.8) is 0 Å². The number of hydrogen-bond acceptors (Lipinski definition) is 2. The highest BCUT2D eigenvalue weighted by Gasteiger charge is 2.21. The molecule has 6 heteroatoms. The van der Waals surface area contributed by atoms with Gasteiger partial charge in [-0.15, -0.1) is 0 Å². The highest BCUT2D eigenvalue weighted by molar-refractivity contribution is 9.10. The second-order valence-electron chi connectivity index (χ2n) is 4.96. The molecule has 0 unspecified atom stereocenters. The molecule has 0 aliphatic rings. The largest absolute Gasteiger partial charge is 0.277 e. The Bertz CT molecular complexity index is 780. The molecule has 0 saturated carbocycles. The van der Waals surface area contributed by atoms with Crippen molar-refractivity contribution in [3.05, 3.63) is 57.3 Å². The molecular formula is C15H15BrFNO2S. The maximum absolute atomic E-state index is 13.8. The van der Waals surface area contributed by atoms with E-state index in [2.05, 4.69) is 20.7 Å². The number of halogens is 2. The summed E-state index contributed by atoms with van der Waals surface area (Å²) in [6, 6.07) is 7.76. The summed E-state index contributed by atoms with van der Waals surface area (Å²) in [6.45, 7) is 5.36. The minimum Gasteiger partial charge on any atom is -0.277 e. The van der Waals surface area contributed by atoms with Crippen LogP contribution in [-0.4, -0.2) is 8.42 Å². The zero-order chi connectivity index (χ0) is 15.8. The van der Waals surface area contributed by atoms with Crippen molar-refractivity contribution < 1.29 is 12.8 Å². The molecule has 0 spiro atoms. The summed E-state index contributed by atoms with van der Waals surface area (Å²) in [6.07, 6.45) is 0. The quantitative estimate of drug-likeness (QED) is 0.873. The first-order valence-corrected chi connectivity index (χ1v) is 8.54. The second-order valence-corrected chi connectivity index (χ2v) is 7.49. The van der Waals surface area contributed by atoms with Crippen molar-refractivity contribution in [2.24, 2.45) is 0 Å². The molecule has 0 aliphatic carbocycles. The third-order valence-electron chi connectivity index (χ3n) is 3.05. The molecule has 0 heterocycles. The zero-order valence-corrected chi connectivity index (χ0v) is 14.3. The lowest BCUT2D eigenvalue weighted by Crippen LogP contribution is -2.16. The van der Waals surface area contributed by atoms with Gasteiger partial charge in [0, 0.05) is 4.47 Å². The first kappa shape index (κ1) is 16.0. The molecular weight excluding hydrogens is 357 g/mol. The number of benzene rings is 2. The number of nitrogens with one attached hydrogen (secondary N) is 1. The van der Waals surface area contributed by atoms with Crippen molar-refractivity contribution in [2.75, 3.05) is 4.72 Å². The molecule has 0 atom stereocenters. The van der Waals surface area contributed by atoms with Gasteiger partial charge in [-0.1, -0.05) is 33.6 Å². The Morgan fingerprint density at radius 1 is 1.05 bits per heavy atom. The summed E-state index contributed by atoms with van der Waals surface area (Å²) in [4.78, 5) is 0.190. The van der Waals surface area contributed by atoms with Gasteiger partial charge in [0.05, 0.1) is 10.6 Å². The summed E-state index contributed by atoms with van der Waals surface area (Å²) < 4.78 is 41.7. The van der Waals surface area contributed by atoms with E-state index in [-0.39, 0.29) is 10.6 Å². The van der Waals surface area contributed by atoms with Crippen LogP contribution >= 0.6 is 15.9 Å². The van der Waals surface area contributed by atoms with Gasteiger partial charge >= 0.3 is 0 Å². The molecule has 1 N–H and O–H groups in total. The number of hydrogen-bond donors (Lipinski definition) is 1. The van der Waals surface area contributed by atoms with E-state index in [1.54, 1.807) is 32.0 Å². The highest BCUT2D eigenvalue weighted by atomic mass is 79.9. The maximum Gasteiger partial charge on any atom is 0.262 e. The van der Waals surface area contributed by atoms with E-state index in [4.69, 9.17) is 0 Å². The predicted octanol–water partition coefficient (Wildman–Crippen LogP) is 4.31. The number of rotatable bonds is 3. The maximum atomic E-state index is 13.8. The van der Waals surface area contributed by atoms with Gasteiger partial charge in [0.25, 0.3) is 10.0 Å². The Kier molecular flexibility index (Phi) is 4.39. The van der Waals surface area contributed by atoms with E-state index in [9.17, 15) is 12.8 Å². The summed E-state index contributed by atoms with van der Waals surface area (Å²) >= 11 is 3.13. The fraction of sp³-hybridized carbons (Fsp3) is 0.200. The lowest BCUT2D eigenvalue weighted by molar-refractivity contribution is 0.597. The van der Waals surface area contributed by atoms with Crippen molar-refractivity contribution in [2.45, 2.75) is 25.7 Å². The molecule has 0 saturated heterocycles. The van der Waals surface area contributed by atoms with Crippen LogP contribution in [0, 0.1) is 26.6 Å². The summed E-state index contributed by atoms with van der Waals surface area (Å²) in [7, 11) is -3.83. The van der Waals surface area contributed by atoms with Gasteiger partial charge in [-0.3, -0.25) is 4.72 Å². The zero-order valence-electron chi connectivity index (χ0n) is 11.9. The van der Waals surface area contributed by atoms with Crippen LogP contribution < -0.4 is 4.72 Å². The molecule has 21 heavy (non-hydrogen) atoms. The second kappa shape index (κ2) is 5.77. The van der Waals surface area contributed by atoms with Crippen molar-refractivity contribution >= 4 is 31.6 Å². The Balaban J connectivity index is 2.48. The standard InChI is InChI=1S/C15H15BrFNO2S/c1-9-6-10(2)15(11(3)7-9)21(19,20)18-14-5-4-12(16)8-13(14)17/h4-8,18H,1-3H3. The van der Waals surface area contributed by atoms with E-state index in [1.807, 2.05) is 6.92 Å². The first-order valence-electron chi connectivity index (χ1n) is 6.26. The molecule has 112 valence electrons. The van der Waals surface area contributed by atoms with E-state index in [0.717, 1.165) is 5.56 Å². The van der Waals surface area contributed by atoms with Gasteiger partial charge in [0.1, 0.15) is 5.82 Å². The van der Waals surface area contributed by atoms with Crippen LogP contribution in [-0.2, 0) is 10.0 Å². The molecule has 0 aromatic heterocycles. The molecule has 0 radical (unpaired) electrons. The van der Waals surface area contributed by atoms with Crippen LogP contribution in [0.1, 0.15) is 16.7 Å². The van der Waals surface area contributed by atoms with E-state index in [0.29, 0.717) is 15.6 Å². The van der Waals surface area contributed by atoms with Gasteiger partial charge in [-0.05, 0) is 50.1 Å². The Morgan fingerprint density at radius 2 is 1.62 bits per heavy atom. The topological polar surface area (TPSA) is 46.2 Å². The fourth-order valence-corrected chi connectivity index (χ4v) is 4.21. The predicted molar refractivity (Wildman–Crippen MR) is 85.6 cm³/mol. The smallest absolute Gasteiger partial charge is 0.262 e. The van der Waals surface area contributed by atoms with Crippen LogP contribution in [0.4, 0.5) is 10.1 Å². The van der Waals surface area contributed by atoms with Crippen molar-refractivity contribution in [3.8, 4) is 0 Å². The van der Waals surface area contributed by atoms with Gasteiger partial charge in [0.2, 0.25) is 0 Å². The molecule has 0 fully saturated rings. The van der Waals surface area contributed by atoms with Crippen LogP contribution in [0.25, 0.3) is 0 Å². The Morgan fingerprint density at radius 3 is 2.14 bits per heavy atom. The van der Waals surface area contributed by atoms with E-state index >= 15 is 0 Å². The van der Waals surface area contributed by atoms with Crippen LogP contribution in [0.15, 0.2) is 39.7 Å². The summed E-state index contributed by atoms with van der Waals surface area (Å²) in [5.74, 6) is -0.629. The first-order chi connectivity index (χ1) is 9.70. The minimum atomic E-state index is -3.83. The SMILES string of the molecule is Cc1cc(C)c(S(=O)(=O)Nc2ccc(Br)cc2F)c(C)c1. The van der Waals surface area contributed by atoms with Gasteiger partial charge in [-0.2, -0.15) is 0 Å². The van der Waals surface area contributed by atoms with Gasteiger partial charge in [0.15, 0.2) is 0 Å². The summed E-state index contributed by atoms with van der Waals surface area (Å²) in [5.41, 5.74) is 2.19. The van der Waals surface area contributed by atoms with Gasteiger partial charge in [-0.25, -0.2) is 12.8 Å². The normalized spacial score (nSPS) is 11.5. The van der Waals surface area contributed by atoms with Crippen LogP contribution in [0.2, 0.25) is 0 Å². The van der Waals surface area contributed by atoms with Crippen molar-refractivity contribution in [1.82, 2.24) is 0 Å². The van der Waals surface area contributed by atoms with E-state index in [1.165, 1.54) is 12.1 Å². The number of anilines is 1. The average molecular weight is 372 g/mol. The molecule has 0 bridgehead atoms. The lowest BCUT2D eigenvalue weighted by atomic mass is 10.1. The number of aryl methyl sites for hydroxylation is 3. The van der Waals surface area contributed by atoms with Crippen molar-refractivity contribution in [1.29, 1.82) is 0 Å². The average Bonchev–Trinajstić information content (AvgIpc) is 2.30. The minimum absolute atomic E-state index is 0.0717. The number of sulfonamides is 1. The molecule has 2 aromatic carbocycles. The monoisotopic (exact) mass is 371 g/mol. The lowest BCUT2D eigenvalue weighted by Gasteiger charge is -2.14. The fourth-order valence-electron chi connectivity index (χ4n) is 2.36. The third-order valence-corrected chi connectivity index (χ3v) is 5.21. The van der Waals surface area contributed by atoms with Crippen LogP contribution in [0.5, 0.6) is 0 Å². The highest BCUT2D eigenvalue weighted by Crippen LogP contribution is 2.26. The van der Waals surface area contributed by atoms with E-state index < -0.39 is 15.8 Å². The molecule has 2 rings (SSSR count). The summed E-state index contributed by atoms with van der Waals surface area (Å²) in [5, 5.41) is 0. The van der Waals surface area contributed by atoms with Crippen LogP contribution in [0.3, 0.4) is 0 Å². The molecule has 0 amide bonds. The molecule has 0 aliphatic heterocycles. The van der Waals surface area contributed by atoms with Gasteiger partial charge < -0.3 is 0 Å². The molecule has 2 aromatic rings. The molecule has 3 nitrogen and oxygen atoms in total. The Hall–Kier alpha value is -1.40. The third kappa shape index (κ3) is 3.44. The Labute approximate surface area is 132 Å².